The Morgan fingerprint density at radius 1 is 1.78 bits per heavy atom. The molecule has 7 nitrogen and oxygen atoms in total. The predicted molar refractivity (Wildman–Crippen MR) is 25.4 cm³/mol. The lowest BCUT2D eigenvalue weighted by atomic mass is 10.7. The molecule has 0 spiro atoms. The summed E-state index contributed by atoms with van der Waals surface area (Å²) in [6, 6.07) is 0. The van der Waals surface area contributed by atoms with Gasteiger partial charge in [-0.2, -0.15) is 0 Å². The fraction of sp³-hybridized carbons (Fsp3) is 0. The van der Waals surface area contributed by atoms with Crippen LogP contribution < -0.4 is 5.73 Å². The van der Waals surface area contributed by atoms with Gasteiger partial charge in [0.15, 0.2) is 5.27 Å². The van der Waals surface area contributed by atoms with Crippen LogP contribution in [-0.4, -0.2) is 15.3 Å². The Balaban J connectivity index is 3.08. The first-order chi connectivity index (χ1) is 4.22. The first-order valence-electron chi connectivity index (χ1n) is 1.94. The van der Waals surface area contributed by atoms with Crippen LogP contribution in [0.2, 0.25) is 0 Å². The molecule has 0 radical (unpaired) electrons. The van der Waals surface area contributed by atoms with Crippen LogP contribution in [0.4, 0.5) is 11.7 Å². The van der Waals surface area contributed by atoms with Crippen LogP contribution in [0.5, 0.6) is 0 Å². The summed E-state index contributed by atoms with van der Waals surface area (Å²) in [6.45, 7) is 0. The van der Waals surface area contributed by atoms with Gasteiger partial charge in [0.05, 0.1) is 0 Å². The number of nitrogens with two attached hydrogens (primary N) is 1. The van der Waals surface area contributed by atoms with E-state index < -0.39 is 10.7 Å². The Bertz CT molecular complexity index is 229. The van der Waals surface area contributed by atoms with Gasteiger partial charge in [0.1, 0.15) is 5.10 Å². The Morgan fingerprint density at radius 2 is 2.44 bits per heavy atom. The molecule has 1 aromatic rings. The van der Waals surface area contributed by atoms with Gasteiger partial charge in [-0.1, -0.05) is 0 Å². The quantitative estimate of drug-likeness (QED) is 0.407. The van der Waals surface area contributed by atoms with E-state index in [2.05, 4.69) is 14.9 Å². The van der Waals surface area contributed by atoms with E-state index in [0.717, 1.165) is 0 Å². The molecule has 0 atom stereocenters. The number of nitrogen functional groups attached to an aromatic ring is 1. The Kier molecular flexibility index (Phi) is 1.03. The van der Waals surface area contributed by atoms with Crippen molar-refractivity contribution < 1.29 is 9.45 Å². The first-order valence-corrected chi connectivity index (χ1v) is 1.94. The number of rotatable bonds is 1. The topological polar surface area (TPSA) is 108 Å². The second-order valence-corrected chi connectivity index (χ2v) is 1.22. The van der Waals surface area contributed by atoms with Crippen LogP contribution in [0.25, 0.3) is 0 Å². The van der Waals surface area contributed by atoms with Crippen molar-refractivity contribution in [3.05, 3.63) is 10.1 Å². The molecule has 1 heterocycles. The highest BCUT2D eigenvalue weighted by molar-refractivity contribution is 5.40. The molecule has 0 aliphatic rings. The minimum absolute atomic E-state index is 0.375. The molecule has 0 fully saturated rings. The van der Waals surface area contributed by atoms with Crippen molar-refractivity contribution in [2.45, 2.75) is 0 Å². The van der Waals surface area contributed by atoms with Crippen LogP contribution in [0.1, 0.15) is 0 Å². The van der Waals surface area contributed by atoms with Crippen molar-refractivity contribution in [3.8, 4) is 0 Å². The van der Waals surface area contributed by atoms with E-state index in [4.69, 9.17) is 5.73 Å². The molecule has 0 amide bonds. The number of nitrogens with zero attached hydrogens (tertiary/aromatic N) is 3. The van der Waals surface area contributed by atoms with Gasteiger partial charge in [0, 0.05) is 0 Å². The summed E-state index contributed by atoms with van der Waals surface area (Å²) in [5.74, 6) is -0.921. The second kappa shape index (κ2) is 1.69. The predicted octanol–water partition coefficient (Wildman–Crippen LogP) is -0.440. The van der Waals surface area contributed by atoms with Crippen LogP contribution in [0.15, 0.2) is 4.52 Å². The molecule has 48 valence electrons. The molecule has 0 saturated heterocycles. The minimum Gasteiger partial charge on any atom is -0.360 e. The van der Waals surface area contributed by atoms with E-state index in [9.17, 15) is 10.1 Å². The van der Waals surface area contributed by atoms with Gasteiger partial charge in [-0.15, -0.1) is 0 Å². The Hall–Kier alpha value is -1.66. The number of hydrogen-bond acceptors (Lipinski definition) is 6. The van der Waals surface area contributed by atoms with Crippen LogP contribution in [0, 0.1) is 10.1 Å². The third-order valence-electron chi connectivity index (χ3n) is 0.668. The highest BCUT2D eigenvalue weighted by Gasteiger charge is 2.17. The van der Waals surface area contributed by atoms with E-state index in [1.165, 1.54) is 0 Å². The molecule has 0 aliphatic carbocycles. The highest BCUT2D eigenvalue weighted by Crippen LogP contribution is 2.13. The molecule has 9 heavy (non-hydrogen) atoms. The van der Waals surface area contributed by atoms with E-state index >= 15 is 0 Å². The summed E-state index contributed by atoms with van der Waals surface area (Å²) < 4.78 is 4.10. The molecule has 1 aromatic heterocycles. The standard InChI is InChI=1S/C2H2N4O3/c3-1-2(6(7)8)4-5-9-1/h3H2. The second-order valence-electron chi connectivity index (χ2n) is 1.22. The molecule has 0 aromatic carbocycles. The van der Waals surface area contributed by atoms with Gasteiger partial charge in [0.2, 0.25) is 0 Å². The minimum atomic E-state index is -0.772. The summed E-state index contributed by atoms with van der Waals surface area (Å²) >= 11 is 0. The molecular weight excluding hydrogens is 128 g/mol. The van der Waals surface area contributed by atoms with Gasteiger partial charge in [-0.25, -0.2) is 0 Å². The number of hydrogen-bond donors (Lipinski definition) is 1. The lowest BCUT2D eigenvalue weighted by molar-refractivity contribution is -0.388. The molecule has 0 aliphatic heterocycles. The van der Waals surface area contributed by atoms with Crippen LogP contribution >= 0.6 is 0 Å². The van der Waals surface area contributed by atoms with E-state index in [1.54, 1.807) is 0 Å². The third kappa shape index (κ3) is 0.784. The largest absolute Gasteiger partial charge is 0.456 e. The third-order valence-corrected chi connectivity index (χ3v) is 0.668. The summed E-state index contributed by atoms with van der Waals surface area (Å²) in [6.07, 6.45) is 0. The zero-order valence-electron chi connectivity index (χ0n) is 4.14. The van der Waals surface area contributed by atoms with Crippen molar-refractivity contribution in [3.63, 3.8) is 0 Å². The van der Waals surface area contributed by atoms with Gasteiger partial charge < -0.3 is 15.8 Å². The average molecular weight is 130 g/mol. The molecular formula is C2H2N4O3. The van der Waals surface area contributed by atoms with Crippen LogP contribution in [-0.2, 0) is 0 Å². The summed E-state index contributed by atoms with van der Waals surface area (Å²) in [7, 11) is 0. The SMILES string of the molecule is Nc1onnc1[N+](=O)[O-]. The fourth-order valence-electron chi connectivity index (χ4n) is 0.320. The van der Waals surface area contributed by atoms with Crippen molar-refractivity contribution in [1.82, 2.24) is 10.4 Å². The maximum atomic E-state index is 9.85. The van der Waals surface area contributed by atoms with Gasteiger partial charge >= 0.3 is 11.7 Å². The Morgan fingerprint density at radius 3 is 2.67 bits per heavy atom. The maximum Gasteiger partial charge on any atom is 0.456 e. The molecule has 0 bridgehead atoms. The average Bonchev–Trinajstić information content (AvgIpc) is 2.13. The van der Waals surface area contributed by atoms with Crippen LogP contribution in [0.3, 0.4) is 0 Å². The van der Waals surface area contributed by atoms with Crippen molar-refractivity contribution in [2.24, 2.45) is 0 Å². The number of aromatic nitrogens is 2. The van der Waals surface area contributed by atoms with Crippen molar-refractivity contribution in [2.75, 3.05) is 5.73 Å². The fourth-order valence-corrected chi connectivity index (χ4v) is 0.320. The van der Waals surface area contributed by atoms with E-state index in [0.29, 0.717) is 0 Å². The van der Waals surface area contributed by atoms with Gasteiger partial charge in [0.25, 0.3) is 0 Å². The smallest absolute Gasteiger partial charge is 0.360 e. The molecule has 0 unspecified atom stereocenters. The normalized spacial score (nSPS) is 9.33. The Labute approximate surface area is 48.6 Å². The lowest BCUT2D eigenvalue weighted by Gasteiger charge is -1.82. The van der Waals surface area contributed by atoms with Gasteiger partial charge in [-0.3, -0.25) is 4.52 Å². The van der Waals surface area contributed by atoms with Gasteiger partial charge in [-0.05, 0) is 4.92 Å². The molecule has 0 saturated carbocycles. The molecule has 2 N–H and O–H groups in total. The molecule has 1 rings (SSSR count). The summed E-state index contributed by atoms with van der Waals surface area (Å²) in [4.78, 5) is 9.07. The number of nitro groups is 1. The van der Waals surface area contributed by atoms with Crippen molar-refractivity contribution in [1.29, 1.82) is 0 Å². The zero-order valence-corrected chi connectivity index (χ0v) is 4.14. The highest BCUT2D eigenvalue weighted by atomic mass is 16.6. The van der Waals surface area contributed by atoms with E-state index in [-0.39, 0.29) is 5.88 Å². The summed E-state index contributed by atoms with van der Waals surface area (Å²) in [5.41, 5.74) is 4.91. The molecule has 7 heteroatoms. The summed E-state index contributed by atoms with van der Waals surface area (Å²) in [5, 5.41) is 15.7. The van der Waals surface area contributed by atoms with E-state index in [1.807, 2.05) is 0 Å². The maximum absolute atomic E-state index is 9.85. The monoisotopic (exact) mass is 130 g/mol. The number of anilines is 1. The lowest BCUT2D eigenvalue weighted by Crippen LogP contribution is -1.92. The zero-order chi connectivity index (χ0) is 6.85. The van der Waals surface area contributed by atoms with Crippen molar-refractivity contribution >= 4 is 11.7 Å². The first kappa shape index (κ1) is 5.48.